The number of nitrogens with two attached hydrogens (primary N) is 1. The summed E-state index contributed by atoms with van der Waals surface area (Å²) in [4.78, 5) is 28.1. The fraction of sp³-hybridized carbons (Fsp3) is 0.417. The van der Waals surface area contributed by atoms with Gasteiger partial charge in [-0.25, -0.2) is 0 Å². The maximum Gasteiger partial charge on any atom is 0.416 e. The molecule has 1 aliphatic rings. The molecule has 32 heavy (non-hydrogen) atoms. The second-order valence-electron chi connectivity index (χ2n) is 8.12. The van der Waals surface area contributed by atoms with E-state index in [0.29, 0.717) is 13.1 Å². The Labute approximate surface area is 186 Å². The van der Waals surface area contributed by atoms with Gasteiger partial charge < -0.3 is 10.6 Å². The van der Waals surface area contributed by atoms with Crippen LogP contribution in [0, 0.1) is 0 Å². The Morgan fingerprint density at radius 2 is 1.72 bits per heavy atom. The van der Waals surface area contributed by atoms with Crippen molar-refractivity contribution < 1.29 is 22.8 Å². The Balaban J connectivity index is 1.73. The van der Waals surface area contributed by atoms with Crippen molar-refractivity contribution in [2.24, 2.45) is 5.73 Å². The largest absolute Gasteiger partial charge is 0.416 e. The van der Waals surface area contributed by atoms with Crippen molar-refractivity contribution in [2.45, 2.75) is 44.4 Å². The molecule has 0 radical (unpaired) electrons. The van der Waals surface area contributed by atoms with E-state index in [0.717, 1.165) is 42.5 Å². The molecule has 1 unspecified atom stereocenters. The lowest BCUT2D eigenvalue weighted by Gasteiger charge is -2.37. The molecule has 2 aromatic carbocycles. The summed E-state index contributed by atoms with van der Waals surface area (Å²) in [6.45, 7) is 1.41. The zero-order valence-corrected chi connectivity index (χ0v) is 17.9. The van der Waals surface area contributed by atoms with E-state index in [1.54, 1.807) is 4.90 Å². The van der Waals surface area contributed by atoms with Crippen molar-refractivity contribution in [1.82, 2.24) is 9.80 Å². The number of piperidine rings is 1. The molecule has 172 valence electrons. The molecule has 2 amide bonds. The summed E-state index contributed by atoms with van der Waals surface area (Å²) in [7, 11) is 0. The summed E-state index contributed by atoms with van der Waals surface area (Å²) in [5.74, 6) is -0.606. The summed E-state index contributed by atoms with van der Waals surface area (Å²) in [5.41, 5.74) is 6.33. The minimum absolute atomic E-state index is 0.0703. The van der Waals surface area contributed by atoms with Gasteiger partial charge in [0.25, 0.3) is 0 Å². The number of likely N-dealkylation sites (tertiary alicyclic amines) is 1. The van der Waals surface area contributed by atoms with E-state index in [4.69, 9.17) is 5.73 Å². The number of alkyl halides is 3. The lowest BCUT2D eigenvalue weighted by Crippen LogP contribution is -2.44. The number of amides is 2. The van der Waals surface area contributed by atoms with E-state index < -0.39 is 17.6 Å². The van der Waals surface area contributed by atoms with E-state index in [2.05, 4.69) is 0 Å². The highest BCUT2D eigenvalue weighted by Gasteiger charge is 2.32. The zero-order chi connectivity index (χ0) is 23.1. The van der Waals surface area contributed by atoms with Gasteiger partial charge in [0.05, 0.1) is 12.1 Å². The molecule has 0 spiro atoms. The Kier molecular flexibility index (Phi) is 7.90. The molecule has 0 aromatic heterocycles. The molecule has 1 atom stereocenters. The minimum Gasteiger partial charge on any atom is -0.370 e. The maximum absolute atomic E-state index is 13.2. The SMILES string of the molecule is NC(=O)CCN(Cc1ccccc1)C(=O)CN1CCCCC1c1ccc(C(F)(F)F)cc1. The number of halogens is 3. The third kappa shape index (κ3) is 6.56. The van der Waals surface area contributed by atoms with Gasteiger partial charge in [-0.15, -0.1) is 0 Å². The van der Waals surface area contributed by atoms with Crippen LogP contribution >= 0.6 is 0 Å². The predicted octanol–water partition coefficient (Wildman–Crippen LogP) is 4.14. The molecule has 0 saturated carbocycles. The maximum atomic E-state index is 13.2. The zero-order valence-electron chi connectivity index (χ0n) is 17.9. The smallest absolute Gasteiger partial charge is 0.370 e. The number of benzene rings is 2. The van der Waals surface area contributed by atoms with Crippen LogP contribution in [0.2, 0.25) is 0 Å². The Morgan fingerprint density at radius 3 is 2.34 bits per heavy atom. The van der Waals surface area contributed by atoms with Gasteiger partial charge in [0, 0.05) is 25.6 Å². The standard InChI is InChI=1S/C24H28F3N3O2/c25-24(26,27)20-11-9-19(10-12-20)21-8-4-5-14-29(21)17-23(32)30(15-13-22(28)31)16-18-6-2-1-3-7-18/h1-3,6-7,9-12,21H,4-5,8,13-17H2,(H2,28,31). The number of primary amides is 1. The van der Waals surface area contributed by atoms with E-state index in [1.165, 1.54) is 12.1 Å². The summed E-state index contributed by atoms with van der Waals surface area (Å²) in [5, 5.41) is 0. The summed E-state index contributed by atoms with van der Waals surface area (Å²) < 4.78 is 38.7. The molecule has 2 N–H and O–H groups in total. The molecule has 5 nitrogen and oxygen atoms in total. The fourth-order valence-electron chi connectivity index (χ4n) is 4.07. The van der Waals surface area contributed by atoms with Crippen molar-refractivity contribution in [1.29, 1.82) is 0 Å². The molecule has 1 aliphatic heterocycles. The van der Waals surface area contributed by atoms with Crippen molar-refractivity contribution in [2.75, 3.05) is 19.6 Å². The summed E-state index contributed by atoms with van der Waals surface area (Å²) in [6, 6.07) is 14.6. The predicted molar refractivity (Wildman–Crippen MR) is 115 cm³/mol. The highest BCUT2D eigenvalue weighted by atomic mass is 19.4. The van der Waals surface area contributed by atoms with Crippen LogP contribution in [0.4, 0.5) is 13.2 Å². The van der Waals surface area contributed by atoms with Crippen LogP contribution in [-0.4, -0.2) is 41.2 Å². The first kappa shape index (κ1) is 23.8. The van der Waals surface area contributed by atoms with Gasteiger partial charge in [-0.05, 0) is 42.6 Å². The molecule has 0 bridgehead atoms. The van der Waals surface area contributed by atoms with Crippen molar-refractivity contribution in [3.63, 3.8) is 0 Å². The molecule has 1 fully saturated rings. The van der Waals surface area contributed by atoms with Crippen LogP contribution in [0.5, 0.6) is 0 Å². The number of hydrogen-bond acceptors (Lipinski definition) is 3. The number of hydrogen-bond donors (Lipinski definition) is 1. The third-order valence-electron chi connectivity index (χ3n) is 5.77. The monoisotopic (exact) mass is 447 g/mol. The molecule has 0 aliphatic carbocycles. The molecule has 2 aromatic rings. The first-order valence-corrected chi connectivity index (χ1v) is 10.8. The van der Waals surface area contributed by atoms with E-state index in [1.807, 2.05) is 35.2 Å². The second-order valence-corrected chi connectivity index (χ2v) is 8.12. The highest BCUT2D eigenvalue weighted by Crippen LogP contribution is 2.34. The van der Waals surface area contributed by atoms with Crippen LogP contribution in [0.15, 0.2) is 54.6 Å². The topological polar surface area (TPSA) is 66.6 Å². The summed E-state index contributed by atoms with van der Waals surface area (Å²) in [6.07, 6.45) is -1.66. The fourth-order valence-corrected chi connectivity index (χ4v) is 4.07. The van der Waals surface area contributed by atoms with Gasteiger partial charge in [0.15, 0.2) is 0 Å². The van der Waals surface area contributed by atoms with Gasteiger partial charge in [-0.2, -0.15) is 13.2 Å². The summed E-state index contributed by atoms with van der Waals surface area (Å²) >= 11 is 0. The Bertz CT molecular complexity index is 901. The van der Waals surface area contributed by atoms with Gasteiger partial charge >= 0.3 is 6.18 Å². The van der Waals surface area contributed by atoms with E-state index in [9.17, 15) is 22.8 Å². The number of rotatable bonds is 8. The third-order valence-corrected chi connectivity index (χ3v) is 5.77. The quantitative estimate of drug-likeness (QED) is 0.662. The van der Waals surface area contributed by atoms with Crippen molar-refractivity contribution >= 4 is 11.8 Å². The second kappa shape index (κ2) is 10.6. The Morgan fingerprint density at radius 1 is 1.03 bits per heavy atom. The molecule has 1 saturated heterocycles. The molecular formula is C24H28F3N3O2. The Hall–Kier alpha value is -2.87. The highest BCUT2D eigenvalue weighted by molar-refractivity contribution is 5.79. The van der Waals surface area contributed by atoms with Gasteiger partial charge in [-0.3, -0.25) is 14.5 Å². The molecule has 3 rings (SSSR count). The van der Waals surface area contributed by atoms with Crippen LogP contribution in [0.25, 0.3) is 0 Å². The van der Waals surface area contributed by atoms with Crippen LogP contribution in [0.3, 0.4) is 0 Å². The van der Waals surface area contributed by atoms with E-state index in [-0.39, 0.29) is 31.5 Å². The van der Waals surface area contributed by atoms with Crippen LogP contribution in [0.1, 0.15) is 48.4 Å². The first-order chi connectivity index (χ1) is 15.2. The minimum atomic E-state index is -4.38. The normalized spacial score (nSPS) is 17.2. The lowest BCUT2D eigenvalue weighted by molar-refractivity contribution is -0.137. The van der Waals surface area contributed by atoms with Crippen molar-refractivity contribution in [3.05, 3.63) is 71.3 Å². The average molecular weight is 448 g/mol. The van der Waals surface area contributed by atoms with Gasteiger partial charge in [0.1, 0.15) is 0 Å². The lowest BCUT2D eigenvalue weighted by atomic mass is 9.94. The molecular weight excluding hydrogens is 419 g/mol. The van der Waals surface area contributed by atoms with Gasteiger partial charge in [0.2, 0.25) is 11.8 Å². The number of nitrogens with zero attached hydrogens (tertiary/aromatic N) is 2. The molecule has 8 heteroatoms. The number of carbonyl (C=O) groups excluding carboxylic acids is 2. The van der Waals surface area contributed by atoms with E-state index >= 15 is 0 Å². The van der Waals surface area contributed by atoms with Gasteiger partial charge in [-0.1, -0.05) is 48.9 Å². The number of carbonyl (C=O) groups is 2. The first-order valence-electron chi connectivity index (χ1n) is 10.8. The van der Waals surface area contributed by atoms with Crippen LogP contribution in [-0.2, 0) is 22.3 Å². The van der Waals surface area contributed by atoms with Crippen LogP contribution < -0.4 is 5.73 Å². The van der Waals surface area contributed by atoms with Crippen molar-refractivity contribution in [3.8, 4) is 0 Å². The average Bonchev–Trinajstić information content (AvgIpc) is 2.77. The molecule has 1 heterocycles.